The van der Waals surface area contributed by atoms with Crippen molar-refractivity contribution in [1.82, 2.24) is 15.2 Å². The van der Waals surface area contributed by atoms with Crippen molar-refractivity contribution in [2.24, 2.45) is 5.10 Å². The van der Waals surface area contributed by atoms with Crippen LogP contribution < -0.4 is 5.43 Å². The molecule has 0 spiro atoms. The number of aryl methyl sites for hydroxylation is 3. The smallest absolute Gasteiger partial charge is 0.307 e. The Morgan fingerprint density at radius 2 is 2.15 bits per heavy atom. The molecule has 0 radical (unpaired) electrons. The molecular weight excluding hydrogens is 352 g/mol. The predicted molar refractivity (Wildman–Crippen MR) is 103 cm³/mol. The standard InChI is InChI=1S/C19H21ClN4O2/c1-4-5-10-24-18(20)15(13(3)23-24)11-21-22-19(25)17-12(2)14-8-6-7-9-16(14)26-17/h6-9,11H,4-5,10H2,1-3H3,(H,22,25)/b21-11-. The summed E-state index contributed by atoms with van der Waals surface area (Å²) in [7, 11) is 0. The molecule has 1 aromatic carbocycles. The highest BCUT2D eigenvalue weighted by Crippen LogP contribution is 2.24. The number of amides is 1. The fraction of sp³-hybridized carbons (Fsp3) is 0.316. The normalized spacial score (nSPS) is 11.5. The number of nitrogens with one attached hydrogen (secondary N) is 1. The maximum Gasteiger partial charge on any atom is 0.307 e. The van der Waals surface area contributed by atoms with Crippen LogP contribution >= 0.6 is 11.6 Å². The number of rotatable bonds is 6. The van der Waals surface area contributed by atoms with Crippen LogP contribution in [0.15, 0.2) is 33.8 Å². The van der Waals surface area contributed by atoms with Crippen molar-refractivity contribution in [2.45, 2.75) is 40.2 Å². The van der Waals surface area contributed by atoms with E-state index < -0.39 is 5.91 Å². The van der Waals surface area contributed by atoms with Crippen molar-refractivity contribution < 1.29 is 9.21 Å². The van der Waals surface area contributed by atoms with Gasteiger partial charge in [0, 0.05) is 17.5 Å². The third-order valence-electron chi connectivity index (χ3n) is 4.24. The van der Waals surface area contributed by atoms with E-state index in [0.717, 1.165) is 36.0 Å². The molecule has 3 rings (SSSR count). The van der Waals surface area contributed by atoms with Crippen LogP contribution in [-0.2, 0) is 6.54 Å². The summed E-state index contributed by atoms with van der Waals surface area (Å²) < 4.78 is 7.39. The Morgan fingerprint density at radius 3 is 2.88 bits per heavy atom. The summed E-state index contributed by atoms with van der Waals surface area (Å²) >= 11 is 6.35. The Labute approximate surface area is 156 Å². The van der Waals surface area contributed by atoms with Gasteiger partial charge in [-0.1, -0.05) is 43.1 Å². The molecule has 0 fully saturated rings. The minimum atomic E-state index is -0.401. The van der Waals surface area contributed by atoms with Crippen LogP contribution in [-0.4, -0.2) is 21.9 Å². The van der Waals surface area contributed by atoms with Gasteiger partial charge in [-0.25, -0.2) is 5.43 Å². The summed E-state index contributed by atoms with van der Waals surface area (Å²) in [5.41, 5.74) is 5.43. The molecule has 3 aromatic rings. The molecule has 7 heteroatoms. The molecule has 0 atom stereocenters. The van der Waals surface area contributed by atoms with Crippen molar-refractivity contribution >= 4 is 34.7 Å². The maximum atomic E-state index is 12.4. The van der Waals surface area contributed by atoms with Crippen LogP contribution in [0.1, 0.15) is 47.1 Å². The number of para-hydroxylation sites is 1. The van der Waals surface area contributed by atoms with Gasteiger partial charge in [-0.2, -0.15) is 10.2 Å². The number of hydrogen-bond acceptors (Lipinski definition) is 4. The van der Waals surface area contributed by atoms with Gasteiger partial charge in [0.2, 0.25) is 0 Å². The Kier molecular flexibility index (Phi) is 5.42. The van der Waals surface area contributed by atoms with Crippen molar-refractivity contribution in [1.29, 1.82) is 0 Å². The number of halogens is 1. The third-order valence-corrected chi connectivity index (χ3v) is 4.64. The number of carbonyl (C=O) groups excluding carboxylic acids is 1. The van der Waals surface area contributed by atoms with E-state index in [0.29, 0.717) is 16.3 Å². The molecule has 0 unspecified atom stereocenters. The summed E-state index contributed by atoms with van der Waals surface area (Å²) in [6.07, 6.45) is 3.58. The fourth-order valence-electron chi connectivity index (χ4n) is 2.77. The topological polar surface area (TPSA) is 72.4 Å². The molecule has 1 N–H and O–H groups in total. The summed E-state index contributed by atoms with van der Waals surface area (Å²) in [6, 6.07) is 7.52. The van der Waals surface area contributed by atoms with E-state index in [1.165, 1.54) is 6.21 Å². The molecule has 0 aliphatic heterocycles. The summed E-state index contributed by atoms with van der Waals surface area (Å²) in [4.78, 5) is 12.4. The van der Waals surface area contributed by atoms with Crippen LogP contribution in [0.3, 0.4) is 0 Å². The van der Waals surface area contributed by atoms with Gasteiger partial charge in [0.25, 0.3) is 0 Å². The number of nitrogens with zero attached hydrogens (tertiary/aromatic N) is 3. The predicted octanol–water partition coefficient (Wildman–Crippen LogP) is 4.46. The van der Waals surface area contributed by atoms with E-state index in [1.54, 1.807) is 4.68 Å². The SMILES string of the molecule is CCCCn1nc(C)c(/C=N\NC(=O)c2oc3ccccc3c2C)c1Cl. The molecule has 0 bridgehead atoms. The average Bonchev–Trinajstić information content (AvgIpc) is 3.11. The van der Waals surface area contributed by atoms with Gasteiger partial charge >= 0.3 is 5.91 Å². The monoisotopic (exact) mass is 372 g/mol. The van der Waals surface area contributed by atoms with Gasteiger partial charge in [-0.15, -0.1) is 0 Å². The van der Waals surface area contributed by atoms with E-state index in [2.05, 4.69) is 22.5 Å². The van der Waals surface area contributed by atoms with E-state index in [9.17, 15) is 4.79 Å². The fourth-order valence-corrected chi connectivity index (χ4v) is 3.07. The van der Waals surface area contributed by atoms with Crippen LogP contribution in [0.5, 0.6) is 0 Å². The molecule has 0 saturated heterocycles. The van der Waals surface area contributed by atoms with Gasteiger partial charge < -0.3 is 4.42 Å². The van der Waals surface area contributed by atoms with Crippen molar-refractivity contribution in [3.05, 3.63) is 52.0 Å². The lowest BCUT2D eigenvalue weighted by molar-refractivity contribution is 0.0929. The number of benzene rings is 1. The largest absolute Gasteiger partial charge is 0.451 e. The van der Waals surface area contributed by atoms with Crippen LogP contribution in [0, 0.1) is 13.8 Å². The van der Waals surface area contributed by atoms with Crippen molar-refractivity contribution in [3.8, 4) is 0 Å². The number of hydrazone groups is 1. The first-order chi connectivity index (χ1) is 12.5. The zero-order chi connectivity index (χ0) is 18.7. The van der Waals surface area contributed by atoms with Crippen LogP contribution in [0.25, 0.3) is 11.0 Å². The Balaban J connectivity index is 1.75. The Hall–Kier alpha value is -2.60. The zero-order valence-corrected chi connectivity index (χ0v) is 15.8. The maximum absolute atomic E-state index is 12.4. The zero-order valence-electron chi connectivity index (χ0n) is 15.0. The van der Waals surface area contributed by atoms with E-state index in [1.807, 2.05) is 38.1 Å². The number of furan rings is 1. The van der Waals surface area contributed by atoms with Gasteiger partial charge in [-0.3, -0.25) is 9.48 Å². The lowest BCUT2D eigenvalue weighted by Gasteiger charge is -2.00. The summed E-state index contributed by atoms with van der Waals surface area (Å²) in [5, 5.41) is 9.87. The molecule has 2 aromatic heterocycles. The van der Waals surface area contributed by atoms with Gasteiger partial charge in [-0.05, 0) is 26.3 Å². The first kappa shape index (κ1) is 18.2. The second-order valence-electron chi connectivity index (χ2n) is 6.12. The third kappa shape index (κ3) is 3.51. The number of hydrogen-bond donors (Lipinski definition) is 1. The molecular formula is C19H21ClN4O2. The van der Waals surface area contributed by atoms with E-state index in [-0.39, 0.29) is 5.76 Å². The average molecular weight is 373 g/mol. The van der Waals surface area contributed by atoms with Crippen molar-refractivity contribution in [3.63, 3.8) is 0 Å². The minimum absolute atomic E-state index is 0.254. The first-order valence-corrected chi connectivity index (χ1v) is 8.95. The molecule has 136 valence electrons. The number of unbranched alkanes of at least 4 members (excludes halogenated alkanes) is 1. The molecule has 1 amide bonds. The van der Waals surface area contributed by atoms with Gasteiger partial charge in [0.1, 0.15) is 10.7 Å². The van der Waals surface area contributed by atoms with E-state index >= 15 is 0 Å². The lowest BCUT2D eigenvalue weighted by atomic mass is 10.1. The number of fused-ring (bicyclic) bond motifs is 1. The summed E-state index contributed by atoms with van der Waals surface area (Å²) in [5.74, 6) is -0.146. The molecule has 6 nitrogen and oxygen atoms in total. The summed E-state index contributed by atoms with van der Waals surface area (Å²) in [6.45, 7) is 6.58. The quantitative estimate of drug-likeness (QED) is 0.512. The number of aromatic nitrogens is 2. The Morgan fingerprint density at radius 1 is 1.38 bits per heavy atom. The number of carbonyl (C=O) groups is 1. The molecule has 26 heavy (non-hydrogen) atoms. The highest BCUT2D eigenvalue weighted by atomic mass is 35.5. The van der Waals surface area contributed by atoms with Gasteiger partial charge in [0.05, 0.1) is 17.5 Å². The highest BCUT2D eigenvalue weighted by molar-refractivity contribution is 6.32. The molecule has 0 aliphatic rings. The van der Waals surface area contributed by atoms with Gasteiger partial charge in [0.15, 0.2) is 5.76 Å². The minimum Gasteiger partial charge on any atom is -0.451 e. The first-order valence-electron chi connectivity index (χ1n) is 8.57. The Bertz CT molecular complexity index is 971. The second-order valence-corrected chi connectivity index (χ2v) is 6.48. The lowest BCUT2D eigenvalue weighted by Crippen LogP contribution is -2.17. The molecule has 0 saturated carbocycles. The van der Waals surface area contributed by atoms with Crippen molar-refractivity contribution in [2.75, 3.05) is 0 Å². The van der Waals surface area contributed by atoms with E-state index in [4.69, 9.17) is 16.0 Å². The van der Waals surface area contributed by atoms with Crippen LogP contribution in [0.4, 0.5) is 0 Å². The molecule has 2 heterocycles. The second kappa shape index (κ2) is 7.74. The highest BCUT2D eigenvalue weighted by Gasteiger charge is 2.17. The molecule has 0 aliphatic carbocycles. The van der Waals surface area contributed by atoms with Crippen LogP contribution in [0.2, 0.25) is 5.15 Å².